The first-order valence-electron chi connectivity index (χ1n) is 9.38. The second-order valence-electron chi connectivity index (χ2n) is 6.72. The molecule has 162 valence electrons. The molecule has 0 aliphatic rings. The van der Waals surface area contributed by atoms with Gasteiger partial charge in [0.05, 0.1) is 5.56 Å². The highest BCUT2D eigenvalue weighted by molar-refractivity contribution is 6.04. The van der Waals surface area contributed by atoms with Crippen molar-refractivity contribution in [3.63, 3.8) is 0 Å². The number of aryl methyl sites for hydroxylation is 1. The van der Waals surface area contributed by atoms with Crippen LogP contribution < -0.4 is 10.1 Å². The van der Waals surface area contributed by atoms with Gasteiger partial charge >= 0.3 is 6.18 Å². The molecule has 0 spiro atoms. The van der Waals surface area contributed by atoms with Crippen molar-refractivity contribution in [3.05, 3.63) is 90.3 Å². The van der Waals surface area contributed by atoms with E-state index in [0.29, 0.717) is 23.1 Å². The van der Waals surface area contributed by atoms with Crippen LogP contribution in [0.3, 0.4) is 0 Å². The lowest BCUT2D eigenvalue weighted by molar-refractivity contribution is -0.137. The molecule has 2 aromatic carbocycles. The third-order valence-electron chi connectivity index (χ3n) is 4.49. The van der Waals surface area contributed by atoms with Crippen LogP contribution in [0.2, 0.25) is 0 Å². The Hall–Kier alpha value is -4.21. The van der Waals surface area contributed by atoms with Gasteiger partial charge in [0.2, 0.25) is 5.88 Å². The minimum absolute atomic E-state index is 0.0940. The molecule has 0 fully saturated rings. The first-order valence-corrected chi connectivity index (χ1v) is 9.38. The monoisotopic (exact) mass is 439 g/mol. The van der Waals surface area contributed by atoms with Crippen LogP contribution in [-0.2, 0) is 6.18 Å². The fraction of sp³-hybridized carbons (Fsp3) is 0.0909. The molecule has 2 aromatic heterocycles. The fourth-order valence-corrected chi connectivity index (χ4v) is 2.90. The molecule has 0 aliphatic heterocycles. The molecule has 0 atom stereocenters. The number of anilines is 1. The molecule has 0 saturated heterocycles. The zero-order valence-corrected chi connectivity index (χ0v) is 16.7. The Morgan fingerprint density at radius 3 is 2.50 bits per heavy atom. The molecule has 4 aromatic rings. The Kier molecular flexibility index (Phi) is 5.59. The van der Waals surface area contributed by atoms with Crippen molar-refractivity contribution in [2.24, 2.45) is 0 Å². The standard InChI is InChI=1S/C22H16F3N5O2/c1-14-26-9-10-30(14)19-12-20(28-13-27-19)32-18-7-5-17(6-8-18)29-21(31)15-3-2-4-16(11-15)22(23,24)25/h2-13H,1H3,(H,29,31). The summed E-state index contributed by atoms with van der Waals surface area (Å²) >= 11 is 0. The van der Waals surface area contributed by atoms with Gasteiger partial charge in [-0.15, -0.1) is 0 Å². The van der Waals surface area contributed by atoms with E-state index in [2.05, 4.69) is 20.3 Å². The number of ether oxygens (including phenoxy) is 1. The van der Waals surface area contributed by atoms with E-state index in [4.69, 9.17) is 4.74 Å². The van der Waals surface area contributed by atoms with Crippen molar-refractivity contribution in [1.82, 2.24) is 19.5 Å². The van der Waals surface area contributed by atoms with Gasteiger partial charge in [-0.1, -0.05) is 6.07 Å². The number of carbonyl (C=O) groups excluding carboxylic acids is 1. The zero-order valence-electron chi connectivity index (χ0n) is 16.7. The maximum absolute atomic E-state index is 12.8. The predicted molar refractivity (Wildman–Crippen MR) is 110 cm³/mol. The lowest BCUT2D eigenvalue weighted by Crippen LogP contribution is -2.13. The van der Waals surface area contributed by atoms with Gasteiger partial charge in [0, 0.05) is 29.7 Å². The van der Waals surface area contributed by atoms with Gasteiger partial charge in [-0.05, 0) is 49.4 Å². The van der Waals surface area contributed by atoms with Crippen LogP contribution in [0.5, 0.6) is 11.6 Å². The summed E-state index contributed by atoms with van der Waals surface area (Å²) in [5, 5.41) is 2.56. The molecule has 0 aliphatic carbocycles. The number of alkyl halides is 3. The van der Waals surface area contributed by atoms with Gasteiger partial charge in [0.25, 0.3) is 5.91 Å². The molecule has 32 heavy (non-hydrogen) atoms. The SMILES string of the molecule is Cc1nccn1-c1cc(Oc2ccc(NC(=O)c3cccc(C(F)(F)F)c3)cc2)ncn1. The average molecular weight is 439 g/mol. The number of carbonyl (C=O) groups is 1. The van der Waals surface area contributed by atoms with E-state index >= 15 is 0 Å². The molecule has 1 amide bonds. The molecule has 7 nitrogen and oxygen atoms in total. The van der Waals surface area contributed by atoms with E-state index in [1.807, 2.05) is 6.92 Å². The predicted octanol–water partition coefficient (Wildman–Crippen LogP) is 5.03. The van der Waals surface area contributed by atoms with Gasteiger partial charge in [0.15, 0.2) is 0 Å². The topological polar surface area (TPSA) is 81.9 Å². The molecule has 2 heterocycles. The van der Waals surface area contributed by atoms with Crippen LogP contribution in [0.25, 0.3) is 5.82 Å². The number of hydrogen-bond acceptors (Lipinski definition) is 5. The Labute approximate surface area is 180 Å². The van der Waals surface area contributed by atoms with Crippen LogP contribution >= 0.6 is 0 Å². The lowest BCUT2D eigenvalue weighted by Gasteiger charge is -2.10. The average Bonchev–Trinajstić information content (AvgIpc) is 3.21. The minimum atomic E-state index is -4.52. The summed E-state index contributed by atoms with van der Waals surface area (Å²) in [7, 11) is 0. The van der Waals surface area contributed by atoms with Crippen molar-refractivity contribution in [2.45, 2.75) is 13.1 Å². The smallest absolute Gasteiger partial charge is 0.416 e. The number of nitrogens with zero attached hydrogens (tertiary/aromatic N) is 4. The van der Waals surface area contributed by atoms with Gasteiger partial charge in [-0.25, -0.2) is 15.0 Å². The Morgan fingerprint density at radius 1 is 1.03 bits per heavy atom. The summed E-state index contributed by atoms with van der Waals surface area (Å²) in [4.78, 5) is 24.7. The number of nitrogens with one attached hydrogen (secondary N) is 1. The Bertz CT molecular complexity index is 1250. The van der Waals surface area contributed by atoms with Crippen LogP contribution in [0.1, 0.15) is 21.7 Å². The summed E-state index contributed by atoms with van der Waals surface area (Å²) in [5.74, 6) is 1.46. The molecular weight excluding hydrogens is 423 g/mol. The molecule has 0 unspecified atom stereocenters. The van der Waals surface area contributed by atoms with E-state index in [9.17, 15) is 18.0 Å². The maximum atomic E-state index is 12.8. The third kappa shape index (κ3) is 4.75. The summed E-state index contributed by atoms with van der Waals surface area (Å²) < 4.78 is 46.1. The molecular formula is C22H16F3N5O2. The molecule has 0 saturated carbocycles. The minimum Gasteiger partial charge on any atom is -0.439 e. The number of imidazole rings is 1. The van der Waals surface area contributed by atoms with E-state index in [0.717, 1.165) is 18.0 Å². The van der Waals surface area contributed by atoms with Gasteiger partial charge in [-0.3, -0.25) is 9.36 Å². The highest BCUT2D eigenvalue weighted by Crippen LogP contribution is 2.30. The summed E-state index contributed by atoms with van der Waals surface area (Å²) in [5.41, 5.74) is -0.579. The van der Waals surface area contributed by atoms with Crippen molar-refractivity contribution in [3.8, 4) is 17.4 Å². The number of halogens is 3. The van der Waals surface area contributed by atoms with Crippen molar-refractivity contribution < 1.29 is 22.7 Å². The largest absolute Gasteiger partial charge is 0.439 e. The molecule has 10 heteroatoms. The summed E-state index contributed by atoms with van der Waals surface area (Å²) in [6, 6.07) is 12.2. The first-order chi connectivity index (χ1) is 15.3. The molecule has 0 radical (unpaired) electrons. The molecule has 1 N–H and O–H groups in total. The quantitative estimate of drug-likeness (QED) is 0.472. The number of hydrogen-bond donors (Lipinski definition) is 1. The van der Waals surface area contributed by atoms with Crippen molar-refractivity contribution >= 4 is 11.6 Å². The second-order valence-corrected chi connectivity index (χ2v) is 6.72. The Morgan fingerprint density at radius 2 is 1.81 bits per heavy atom. The van der Waals surface area contributed by atoms with E-state index < -0.39 is 17.6 Å². The van der Waals surface area contributed by atoms with Crippen LogP contribution in [0.15, 0.2) is 73.3 Å². The van der Waals surface area contributed by atoms with Crippen molar-refractivity contribution in [1.29, 1.82) is 0 Å². The first kappa shape index (κ1) is 21.0. The highest BCUT2D eigenvalue weighted by atomic mass is 19.4. The highest BCUT2D eigenvalue weighted by Gasteiger charge is 2.30. The van der Waals surface area contributed by atoms with Crippen LogP contribution in [-0.4, -0.2) is 25.4 Å². The van der Waals surface area contributed by atoms with E-state index in [1.165, 1.54) is 18.5 Å². The summed E-state index contributed by atoms with van der Waals surface area (Å²) in [6.07, 6.45) is 0.272. The third-order valence-corrected chi connectivity index (χ3v) is 4.49. The van der Waals surface area contributed by atoms with Crippen molar-refractivity contribution in [2.75, 3.05) is 5.32 Å². The summed E-state index contributed by atoms with van der Waals surface area (Å²) in [6.45, 7) is 1.84. The zero-order chi connectivity index (χ0) is 22.7. The maximum Gasteiger partial charge on any atom is 0.416 e. The van der Waals surface area contributed by atoms with Gasteiger partial charge in [-0.2, -0.15) is 13.2 Å². The number of aromatic nitrogens is 4. The number of amides is 1. The van der Waals surface area contributed by atoms with Crippen LogP contribution in [0.4, 0.5) is 18.9 Å². The Balaban J connectivity index is 1.44. The van der Waals surface area contributed by atoms with Gasteiger partial charge < -0.3 is 10.1 Å². The van der Waals surface area contributed by atoms with E-state index in [-0.39, 0.29) is 5.56 Å². The number of rotatable bonds is 5. The normalized spacial score (nSPS) is 11.2. The van der Waals surface area contributed by atoms with Gasteiger partial charge in [0.1, 0.15) is 23.7 Å². The second kappa shape index (κ2) is 8.50. The lowest BCUT2D eigenvalue weighted by atomic mass is 10.1. The molecule has 0 bridgehead atoms. The fourth-order valence-electron chi connectivity index (χ4n) is 2.90. The number of benzene rings is 2. The van der Waals surface area contributed by atoms with Crippen LogP contribution in [0, 0.1) is 6.92 Å². The van der Waals surface area contributed by atoms with E-state index in [1.54, 1.807) is 47.3 Å². The molecule has 4 rings (SSSR count).